The van der Waals surface area contributed by atoms with Gasteiger partial charge in [-0.15, -0.1) is 0 Å². The van der Waals surface area contributed by atoms with Gasteiger partial charge in [-0.2, -0.15) is 13.2 Å². The molecule has 1 aromatic heterocycles. The van der Waals surface area contributed by atoms with E-state index in [0.717, 1.165) is 25.7 Å². The summed E-state index contributed by atoms with van der Waals surface area (Å²) in [5.74, 6) is -0.119. The predicted molar refractivity (Wildman–Crippen MR) is 82.7 cm³/mol. The van der Waals surface area contributed by atoms with Crippen LogP contribution in [0.1, 0.15) is 50.6 Å². The Balaban J connectivity index is 1.86. The van der Waals surface area contributed by atoms with Crippen LogP contribution in [-0.2, 0) is 0 Å². The zero-order valence-electron chi connectivity index (χ0n) is 13.5. The average Bonchev–Trinajstić information content (AvgIpc) is 2.53. The molecule has 2 rings (SSSR count). The molecule has 2 N–H and O–H groups in total. The van der Waals surface area contributed by atoms with Crippen LogP contribution in [0.2, 0.25) is 0 Å². The lowest BCUT2D eigenvalue weighted by Gasteiger charge is -2.24. The van der Waals surface area contributed by atoms with Gasteiger partial charge in [0.2, 0.25) is 5.88 Å². The van der Waals surface area contributed by atoms with Crippen molar-refractivity contribution in [3.8, 4) is 5.88 Å². The molecule has 0 bridgehead atoms. The summed E-state index contributed by atoms with van der Waals surface area (Å²) in [6.07, 6.45) is 2.34. The number of halogens is 3. The number of hydrogen-bond donors (Lipinski definition) is 2. The number of nitrogens with one attached hydrogen (secondary N) is 2. The zero-order valence-corrected chi connectivity index (χ0v) is 13.5. The number of carbonyl (C=O) groups is 1. The van der Waals surface area contributed by atoms with E-state index < -0.39 is 12.8 Å². The van der Waals surface area contributed by atoms with Gasteiger partial charge in [0, 0.05) is 18.3 Å². The second-order valence-corrected chi connectivity index (χ2v) is 6.01. The molecule has 0 radical (unpaired) electrons. The fourth-order valence-corrected chi connectivity index (χ4v) is 2.68. The molecule has 8 heteroatoms. The minimum atomic E-state index is -4.42. The summed E-state index contributed by atoms with van der Waals surface area (Å²) < 4.78 is 41.2. The highest BCUT2D eigenvalue weighted by Crippen LogP contribution is 2.21. The molecule has 0 aromatic carbocycles. The first kappa shape index (κ1) is 18.4. The standard InChI is InChI=1S/C16H22F3N3O2/c1-11(21-15(23)22-13-5-3-2-4-6-13)12-7-8-20-14(9-12)24-10-16(17,18)19/h7-9,11,13H,2-6,10H2,1H3,(H2,21,22,23). The van der Waals surface area contributed by atoms with Gasteiger partial charge in [-0.3, -0.25) is 0 Å². The van der Waals surface area contributed by atoms with E-state index in [1.165, 1.54) is 18.7 Å². The highest BCUT2D eigenvalue weighted by atomic mass is 19.4. The van der Waals surface area contributed by atoms with E-state index in [-0.39, 0.29) is 24.0 Å². The molecule has 5 nitrogen and oxygen atoms in total. The summed E-state index contributed by atoms with van der Waals surface area (Å²) >= 11 is 0. The molecule has 0 aliphatic heterocycles. The van der Waals surface area contributed by atoms with Crippen LogP contribution in [0.5, 0.6) is 5.88 Å². The second-order valence-electron chi connectivity index (χ2n) is 6.01. The summed E-state index contributed by atoms with van der Waals surface area (Å²) in [4.78, 5) is 15.8. The Labute approximate surface area is 139 Å². The lowest BCUT2D eigenvalue weighted by atomic mass is 9.96. The molecule has 1 aliphatic rings. The van der Waals surface area contributed by atoms with Gasteiger partial charge in [0.25, 0.3) is 0 Å². The first-order valence-corrected chi connectivity index (χ1v) is 8.06. The maximum absolute atomic E-state index is 12.2. The van der Waals surface area contributed by atoms with Crippen LogP contribution < -0.4 is 15.4 Å². The zero-order chi connectivity index (χ0) is 17.6. The van der Waals surface area contributed by atoms with Crippen molar-refractivity contribution in [2.45, 2.75) is 57.3 Å². The van der Waals surface area contributed by atoms with E-state index in [4.69, 9.17) is 0 Å². The van der Waals surface area contributed by atoms with Crippen molar-refractivity contribution in [3.63, 3.8) is 0 Å². The monoisotopic (exact) mass is 345 g/mol. The Bertz CT molecular complexity index is 546. The first-order valence-electron chi connectivity index (χ1n) is 8.06. The number of aromatic nitrogens is 1. The smallest absolute Gasteiger partial charge is 0.422 e. The topological polar surface area (TPSA) is 63.2 Å². The van der Waals surface area contributed by atoms with Crippen LogP contribution in [0.15, 0.2) is 18.3 Å². The van der Waals surface area contributed by atoms with Gasteiger partial charge in [-0.1, -0.05) is 19.3 Å². The quantitative estimate of drug-likeness (QED) is 0.855. The number of carbonyl (C=O) groups excluding carboxylic acids is 1. The largest absolute Gasteiger partial charge is 0.468 e. The van der Waals surface area contributed by atoms with E-state index in [9.17, 15) is 18.0 Å². The van der Waals surface area contributed by atoms with E-state index in [0.29, 0.717) is 5.56 Å². The van der Waals surface area contributed by atoms with Crippen LogP contribution >= 0.6 is 0 Å². The second kappa shape index (κ2) is 8.21. The van der Waals surface area contributed by atoms with Crippen molar-refractivity contribution in [1.82, 2.24) is 15.6 Å². The lowest BCUT2D eigenvalue weighted by Crippen LogP contribution is -2.43. The fourth-order valence-electron chi connectivity index (χ4n) is 2.68. The van der Waals surface area contributed by atoms with Crippen molar-refractivity contribution in [2.24, 2.45) is 0 Å². The molecule has 1 saturated carbocycles. The summed E-state index contributed by atoms with van der Waals surface area (Å²) in [5.41, 5.74) is 0.626. The number of nitrogens with zero attached hydrogens (tertiary/aromatic N) is 1. The summed E-state index contributed by atoms with van der Waals surface area (Å²) in [7, 11) is 0. The molecule has 1 atom stereocenters. The van der Waals surface area contributed by atoms with Gasteiger partial charge in [-0.25, -0.2) is 9.78 Å². The number of pyridine rings is 1. The number of hydrogen-bond acceptors (Lipinski definition) is 3. The number of ether oxygens (including phenoxy) is 1. The molecule has 0 spiro atoms. The predicted octanol–water partition coefficient (Wildman–Crippen LogP) is 3.72. The van der Waals surface area contributed by atoms with Crippen molar-refractivity contribution in [1.29, 1.82) is 0 Å². The summed E-state index contributed by atoms with van der Waals surface area (Å²) in [5, 5.41) is 5.72. The average molecular weight is 345 g/mol. The third kappa shape index (κ3) is 6.25. The molecule has 2 amide bonds. The molecule has 1 aromatic rings. The number of alkyl halides is 3. The molecular weight excluding hydrogens is 323 g/mol. The van der Waals surface area contributed by atoms with E-state index in [1.54, 1.807) is 13.0 Å². The molecule has 134 valence electrons. The third-order valence-electron chi connectivity index (χ3n) is 3.93. The molecular formula is C16H22F3N3O2. The fraction of sp³-hybridized carbons (Fsp3) is 0.625. The Morgan fingerprint density at radius 3 is 2.75 bits per heavy atom. The van der Waals surface area contributed by atoms with Crippen molar-refractivity contribution in [2.75, 3.05) is 6.61 Å². The van der Waals surface area contributed by atoms with Crippen molar-refractivity contribution in [3.05, 3.63) is 23.9 Å². The highest BCUT2D eigenvalue weighted by Gasteiger charge is 2.28. The van der Waals surface area contributed by atoms with Crippen LogP contribution in [-0.4, -0.2) is 29.8 Å². The van der Waals surface area contributed by atoms with Gasteiger partial charge in [0.1, 0.15) is 0 Å². The van der Waals surface area contributed by atoms with Gasteiger partial charge < -0.3 is 15.4 Å². The van der Waals surface area contributed by atoms with Crippen molar-refractivity contribution < 1.29 is 22.7 Å². The maximum atomic E-state index is 12.2. The number of rotatable bonds is 5. The Morgan fingerprint density at radius 2 is 2.08 bits per heavy atom. The minimum Gasteiger partial charge on any atom is -0.468 e. The Kier molecular flexibility index (Phi) is 6.28. The van der Waals surface area contributed by atoms with Crippen molar-refractivity contribution >= 4 is 6.03 Å². The number of urea groups is 1. The van der Waals surface area contributed by atoms with Crippen LogP contribution in [0.4, 0.5) is 18.0 Å². The normalized spacial score (nSPS) is 17.2. The Hall–Kier alpha value is -1.99. The molecule has 24 heavy (non-hydrogen) atoms. The van der Waals surface area contributed by atoms with E-state index >= 15 is 0 Å². The SMILES string of the molecule is CC(NC(=O)NC1CCCCC1)c1ccnc(OCC(F)(F)F)c1. The lowest BCUT2D eigenvalue weighted by molar-refractivity contribution is -0.154. The molecule has 1 aliphatic carbocycles. The summed E-state index contributed by atoms with van der Waals surface area (Å²) in [6.45, 7) is 0.358. The van der Waals surface area contributed by atoms with E-state index in [1.807, 2.05) is 0 Å². The molecule has 1 unspecified atom stereocenters. The van der Waals surface area contributed by atoms with Crippen LogP contribution in [0.25, 0.3) is 0 Å². The van der Waals surface area contributed by atoms with Gasteiger partial charge in [-0.05, 0) is 31.4 Å². The molecule has 1 fully saturated rings. The molecule has 0 saturated heterocycles. The molecule has 1 heterocycles. The van der Waals surface area contributed by atoms with Gasteiger partial charge in [0.05, 0.1) is 6.04 Å². The Morgan fingerprint density at radius 1 is 1.38 bits per heavy atom. The maximum Gasteiger partial charge on any atom is 0.422 e. The highest BCUT2D eigenvalue weighted by molar-refractivity contribution is 5.74. The first-order chi connectivity index (χ1) is 11.3. The van der Waals surface area contributed by atoms with Crippen LogP contribution in [0, 0.1) is 0 Å². The van der Waals surface area contributed by atoms with Crippen LogP contribution in [0.3, 0.4) is 0 Å². The summed E-state index contributed by atoms with van der Waals surface area (Å²) in [6, 6.07) is 2.58. The van der Waals surface area contributed by atoms with Gasteiger partial charge in [0.15, 0.2) is 6.61 Å². The number of amides is 2. The van der Waals surface area contributed by atoms with E-state index in [2.05, 4.69) is 20.4 Å². The minimum absolute atomic E-state index is 0.119. The third-order valence-corrected chi connectivity index (χ3v) is 3.93. The van der Waals surface area contributed by atoms with Gasteiger partial charge >= 0.3 is 12.2 Å².